The first-order valence-corrected chi connectivity index (χ1v) is 7.29. The van der Waals surface area contributed by atoms with Gasteiger partial charge in [-0.05, 0) is 43.4 Å². The molecule has 0 saturated carbocycles. The highest BCUT2D eigenvalue weighted by Gasteiger charge is 2.24. The Bertz CT molecular complexity index is 341. The lowest BCUT2D eigenvalue weighted by atomic mass is 9.94. The van der Waals surface area contributed by atoms with Crippen LogP contribution in [-0.4, -0.2) is 19.3 Å². The quantitative estimate of drug-likeness (QED) is 0.860. The molecule has 1 saturated heterocycles. The summed E-state index contributed by atoms with van der Waals surface area (Å²) < 4.78 is 5.94. The van der Waals surface area contributed by atoms with Gasteiger partial charge < -0.3 is 10.1 Å². The van der Waals surface area contributed by atoms with Gasteiger partial charge in [-0.25, -0.2) is 0 Å². The lowest BCUT2D eigenvalue weighted by Crippen LogP contribution is -2.35. The van der Waals surface area contributed by atoms with Gasteiger partial charge in [-0.1, -0.05) is 38.1 Å². The van der Waals surface area contributed by atoms with Crippen molar-refractivity contribution in [1.82, 2.24) is 5.32 Å². The van der Waals surface area contributed by atoms with E-state index >= 15 is 0 Å². The van der Waals surface area contributed by atoms with Crippen LogP contribution in [0.1, 0.15) is 50.3 Å². The molecule has 2 atom stereocenters. The number of ether oxygens (including phenoxy) is 1. The van der Waals surface area contributed by atoms with Crippen molar-refractivity contribution in [3.05, 3.63) is 35.4 Å². The van der Waals surface area contributed by atoms with Crippen LogP contribution in [-0.2, 0) is 11.2 Å². The molecule has 1 aromatic rings. The van der Waals surface area contributed by atoms with Crippen LogP contribution in [0.4, 0.5) is 0 Å². The van der Waals surface area contributed by atoms with E-state index in [0.717, 1.165) is 19.6 Å². The highest BCUT2D eigenvalue weighted by molar-refractivity contribution is 5.26. The first-order valence-electron chi connectivity index (χ1n) is 7.29. The van der Waals surface area contributed by atoms with Gasteiger partial charge in [0.25, 0.3) is 0 Å². The van der Waals surface area contributed by atoms with Crippen molar-refractivity contribution >= 4 is 0 Å². The summed E-state index contributed by atoms with van der Waals surface area (Å²) in [6.07, 6.45) is 5.12. The molecule has 18 heavy (non-hydrogen) atoms. The number of hydrogen-bond acceptors (Lipinski definition) is 2. The van der Waals surface area contributed by atoms with Crippen molar-refractivity contribution in [3.63, 3.8) is 0 Å². The zero-order valence-corrected chi connectivity index (χ0v) is 11.6. The molecule has 0 aliphatic carbocycles. The van der Waals surface area contributed by atoms with Crippen molar-refractivity contribution in [2.75, 3.05) is 13.2 Å². The van der Waals surface area contributed by atoms with Crippen molar-refractivity contribution < 1.29 is 4.74 Å². The molecule has 1 aliphatic heterocycles. The molecule has 1 N–H and O–H groups in total. The van der Waals surface area contributed by atoms with Crippen LogP contribution in [0.5, 0.6) is 0 Å². The summed E-state index contributed by atoms with van der Waals surface area (Å²) in [5, 5.41) is 3.58. The van der Waals surface area contributed by atoms with Crippen LogP contribution in [0.2, 0.25) is 0 Å². The molecule has 0 amide bonds. The predicted molar refractivity (Wildman–Crippen MR) is 75.8 cm³/mol. The fourth-order valence-electron chi connectivity index (χ4n) is 2.67. The van der Waals surface area contributed by atoms with Crippen molar-refractivity contribution in [1.29, 1.82) is 0 Å². The Morgan fingerprint density at radius 3 is 2.56 bits per heavy atom. The summed E-state index contributed by atoms with van der Waals surface area (Å²) in [7, 11) is 0. The Hall–Kier alpha value is -0.860. The van der Waals surface area contributed by atoms with Crippen LogP contribution in [0.25, 0.3) is 0 Å². The number of aryl methyl sites for hydroxylation is 1. The average Bonchev–Trinajstić information content (AvgIpc) is 2.46. The van der Waals surface area contributed by atoms with Gasteiger partial charge in [0.1, 0.15) is 0 Å². The Labute approximate surface area is 111 Å². The highest BCUT2D eigenvalue weighted by atomic mass is 16.5. The predicted octanol–water partition coefficient (Wildman–Crippen LogP) is 3.47. The molecule has 0 spiro atoms. The van der Waals surface area contributed by atoms with Crippen LogP contribution in [0.15, 0.2) is 24.3 Å². The SMILES string of the molecule is CCNC(c1ccc(CC)cc1)C1CCCCO1. The second kappa shape index (κ2) is 6.91. The molecule has 2 heteroatoms. The molecule has 1 aliphatic rings. The molecule has 2 rings (SSSR count). The third kappa shape index (κ3) is 3.33. The van der Waals surface area contributed by atoms with Crippen LogP contribution in [0, 0.1) is 0 Å². The molecule has 2 nitrogen and oxygen atoms in total. The van der Waals surface area contributed by atoms with Crippen molar-refractivity contribution in [2.45, 2.75) is 51.7 Å². The summed E-state index contributed by atoms with van der Waals surface area (Å²) in [4.78, 5) is 0. The van der Waals surface area contributed by atoms with Crippen molar-refractivity contribution in [2.24, 2.45) is 0 Å². The summed E-state index contributed by atoms with van der Waals surface area (Å²) in [5.74, 6) is 0. The minimum atomic E-state index is 0.339. The number of benzene rings is 1. The summed E-state index contributed by atoms with van der Waals surface area (Å²) in [6.45, 7) is 6.26. The van der Waals surface area contributed by atoms with E-state index in [1.807, 2.05) is 0 Å². The fourth-order valence-corrected chi connectivity index (χ4v) is 2.67. The van der Waals surface area contributed by atoms with E-state index in [1.54, 1.807) is 0 Å². The minimum Gasteiger partial charge on any atom is -0.376 e. The second-order valence-electron chi connectivity index (χ2n) is 5.04. The van der Waals surface area contributed by atoms with Crippen LogP contribution in [0.3, 0.4) is 0 Å². The van der Waals surface area contributed by atoms with Gasteiger partial charge in [0, 0.05) is 6.61 Å². The van der Waals surface area contributed by atoms with Crippen LogP contribution < -0.4 is 5.32 Å². The summed E-state index contributed by atoms with van der Waals surface area (Å²) in [5.41, 5.74) is 2.76. The Morgan fingerprint density at radius 2 is 2.00 bits per heavy atom. The monoisotopic (exact) mass is 247 g/mol. The Balaban J connectivity index is 2.11. The molecule has 2 unspecified atom stereocenters. The van der Waals surface area contributed by atoms with Gasteiger partial charge in [-0.3, -0.25) is 0 Å². The van der Waals surface area contributed by atoms with E-state index in [0.29, 0.717) is 12.1 Å². The lowest BCUT2D eigenvalue weighted by Gasteiger charge is -2.31. The molecule has 1 fully saturated rings. The number of hydrogen-bond donors (Lipinski definition) is 1. The molecule has 100 valence electrons. The average molecular weight is 247 g/mol. The van der Waals surface area contributed by atoms with E-state index in [1.165, 1.54) is 30.4 Å². The maximum Gasteiger partial charge on any atom is 0.0769 e. The zero-order chi connectivity index (χ0) is 12.8. The number of rotatable bonds is 5. The summed E-state index contributed by atoms with van der Waals surface area (Å²) in [6, 6.07) is 9.33. The third-order valence-electron chi connectivity index (χ3n) is 3.76. The topological polar surface area (TPSA) is 21.3 Å². The Kier molecular flexibility index (Phi) is 5.21. The van der Waals surface area contributed by atoms with E-state index in [4.69, 9.17) is 4.74 Å². The maximum absolute atomic E-state index is 5.94. The first-order chi connectivity index (χ1) is 8.85. The van der Waals surface area contributed by atoms with Crippen LogP contribution >= 0.6 is 0 Å². The standard InChI is InChI=1S/C16H25NO/c1-3-13-8-10-14(11-9-13)16(17-4-2)15-7-5-6-12-18-15/h8-11,15-17H,3-7,12H2,1-2H3. The van der Waals surface area contributed by atoms with Gasteiger partial charge in [0.15, 0.2) is 0 Å². The van der Waals surface area contributed by atoms with Gasteiger partial charge in [0.2, 0.25) is 0 Å². The van der Waals surface area contributed by atoms with Crippen molar-refractivity contribution in [3.8, 4) is 0 Å². The molecule has 0 aromatic heterocycles. The molecular formula is C16H25NO. The maximum atomic E-state index is 5.94. The van der Waals surface area contributed by atoms with E-state index in [9.17, 15) is 0 Å². The molecule has 1 aromatic carbocycles. The minimum absolute atomic E-state index is 0.339. The highest BCUT2D eigenvalue weighted by Crippen LogP contribution is 2.26. The number of nitrogens with one attached hydrogen (secondary N) is 1. The van der Waals surface area contributed by atoms with E-state index in [2.05, 4.69) is 43.4 Å². The smallest absolute Gasteiger partial charge is 0.0769 e. The number of likely N-dealkylation sites (N-methyl/N-ethyl adjacent to an activating group) is 1. The van der Waals surface area contributed by atoms with Gasteiger partial charge in [-0.2, -0.15) is 0 Å². The van der Waals surface area contributed by atoms with Gasteiger partial charge >= 0.3 is 0 Å². The third-order valence-corrected chi connectivity index (χ3v) is 3.76. The molecule has 0 radical (unpaired) electrons. The van der Waals surface area contributed by atoms with Gasteiger partial charge in [0.05, 0.1) is 12.1 Å². The fraction of sp³-hybridized carbons (Fsp3) is 0.625. The molecule has 1 heterocycles. The van der Waals surface area contributed by atoms with E-state index in [-0.39, 0.29) is 0 Å². The Morgan fingerprint density at radius 1 is 1.22 bits per heavy atom. The zero-order valence-electron chi connectivity index (χ0n) is 11.6. The normalized spacial score (nSPS) is 21.8. The first kappa shape index (κ1) is 13.6. The summed E-state index contributed by atoms with van der Waals surface area (Å²) >= 11 is 0. The van der Waals surface area contributed by atoms with E-state index < -0.39 is 0 Å². The lowest BCUT2D eigenvalue weighted by molar-refractivity contribution is -0.00786. The largest absolute Gasteiger partial charge is 0.376 e. The molecular weight excluding hydrogens is 222 g/mol. The van der Waals surface area contributed by atoms with Gasteiger partial charge in [-0.15, -0.1) is 0 Å². The second-order valence-corrected chi connectivity index (χ2v) is 5.04. The molecule has 0 bridgehead atoms.